The lowest BCUT2D eigenvalue weighted by atomic mass is 10.1. The van der Waals surface area contributed by atoms with E-state index in [0.717, 1.165) is 0 Å². The van der Waals surface area contributed by atoms with Crippen LogP contribution in [0.25, 0.3) is 0 Å². The van der Waals surface area contributed by atoms with Crippen molar-refractivity contribution in [2.24, 2.45) is 0 Å². The maximum atomic E-state index is 13.1. The van der Waals surface area contributed by atoms with Crippen LogP contribution in [0.1, 0.15) is 5.56 Å². The van der Waals surface area contributed by atoms with E-state index in [2.05, 4.69) is 4.98 Å². The average Bonchev–Trinajstić information content (AvgIpc) is 2.28. The lowest BCUT2D eigenvalue weighted by molar-refractivity contribution is 0.209. The number of hydrogen-bond donors (Lipinski definition) is 0. The molecule has 0 radical (unpaired) electrons. The number of nitriles is 1. The Morgan fingerprint density at radius 1 is 1.60 bits per heavy atom. The highest BCUT2D eigenvalue weighted by Gasteiger charge is 2.20. The fourth-order valence-electron chi connectivity index (χ4n) is 1.10. The quantitative estimate of drug-likeness (QED) is 0.764. The van der Waals surface area contributed by atoms with Gasteiger partial charge in [-0.3, -0.25) is 0 Å². The molecule has 2 atom stereocenters. The minimum atomic E-state index is -2.09. The van der Waals surface area contributed by atoms with Crippen molar-refractivity contribution < 1.29 is 13.5 Å². The van der Waals surface area contributed by atoms with Crippen molar-refractivity contribution in [3.05, 3.63) is 23.9 Å². The van der Waals surface area contributed by atoms with Crippen molar-refractivity contribution in [3.8, 4) is 11.9 Å². The van der Waals surface area contributed by atoms with E-state index in [1.807, 2.05) is 0 Å². The van der Waals surface area contributed by atoms with Gasteiger partial charge in [-0.15, -0.1) is 0 Å². The summed E-state index contributed by atoms with van der Waals surface area (Å²) in [7, 11) is 1.44. The van der Waals surface area contributed by atoms with Gasteiger partial charge in [-0.1, -0.05) is 0 Å². The molecule has 0 spiro atoms. The average molecular weight is 212 g/mol. The number of aromatic nitrogens is 1. The summed E-state index contributed by atoms with van der Waals surface area (Å²) in [5, 5.41) is 8.18. The molecule has 1 aromatic rings. The lowest BCUT2D eigenvalue weighted by Gasteiger charge is -2.07. The Labute approximate surface area is 86.3 Å². The predicted octanol–water partition coefficient (Wildman–Crippen LogP) is 1.83. The number of pyridine rings is 1. The van der Waals surface area contributed by atoms with Crippen LogP contribution < -0.4 is 4.74 Å². The molecule has 0 N–H and O–H groups in total. The van der Waals surface area contributed by atoms with Gasteiger partial charge in [0.25, 0.3) is 0 Å². The van der Waals surface area contributed by atoms with Crippen molar-refractivity contribution in [1.82, 2.24) is 4.98 Å². The van der Waals surface area contributed by atoms with Gasteiger partial charge >= 0.3 is 0 Å². The third kappa shape index (κ3) is 3.17. The fraction of sp³-hybridized carbons (Fsp3) is 0.400. The molecule has 0 fully saturated rings. The van der Waals surface area contributed by atoms with E-state index in [9.17, 15) is 8.78 Å². The molecule has 0 aromatic carbocycles. The SMILES string of the molecule is COc1cc(CC(F)C(F)C#N)ccn1. The number of ether oxygens (including phenoxy) is 1. The summed E-state index contributed by atoms with van der Waals surface area (Å²) in [6, 6.07) is 4.29. The van der Waals surface area contributed by atoms with Gasteiger partial charge in [-0.05, 0) is 11.6 Å². The van der Waals surface area contributed by atoms with Gasteiger partial charge < -0.3 is 4.74 Å². The Hall–Kier alpha value is -1.70. The zero-order chi connectivity index (χ0) is 11.3. The van der Waals surface area contributed by atoms with Crippen LogP contribution >= 0.6 is 0 Å². The first kappa shape index (κ1) is 11.4. The summed E-state index contributed by atoms with van der Waals surface area (Å²) in [6.07, 6.45) is -2.63. The van der Waals surface area contributed by atoms with Crippen LogP contribution in [0.3, 0.4) is 0 Å². The largest absolute Gasteiger partial charge is 0.481 e. The molecule has 1 aromatic heterocycles. The second kappa shape index (κ2) is 5.25. The Bertz CT molecular complexity index is 365. The molecule has 1 heterocycles. The summed E-state index contributed by atoms with van der Waals surface area (Å²) in [4.78, 5) is 3.83. The van der Waals surface area contributed by atoms with E-state index in [-0.39, 0.29) is 6.42 Å². The zero-order valence-corrected chi connectivity index (χ0v) is 8.15. The maximum absolute atomic E-state index is 13.1. The Balaban J connectivity index is 2.68. The molecule has 0 aliphatic rings. The predicted molar refractivity (Wildman–Crippen MR) is 49.9 cm³/mol. The monoisotopic (exact) mass is 212 g/mol. The van der Waals surface area contributed by atoms with Gasteiger partial charge in [-0.25, -0.2) is 13.8 Å². The van der Waals surface area contributed by atoms with Crippen LogP contribution in [-0.2, 0) is 6.42 Å². The summed E-state index contributed by atoms with van der Waals surface area (Å²) >= 11 is 0. The number of alkyl halides is 2. The van der Waals surface area contributed by atoms with Gasteiger partial charge in [-0.2, -0.15) is 5.26 Å². The van der Waals surface area contributed by atoms with Gasteiger partial charge in [0.2, 0.25) is 12.1 Å². The zero-order valence-electron chi connectivity index (χ0n) is 8.15. The van der Waals surface area contributed by atoms with Crippen molar-refractivity contribution >= 4 is 0 Å². The molecule has 15 heavy (non-hydrogen) atoms. The van der Waals surface area contributed by atoms with Crippen molar-refractivity contribution in [2.45, 2.75) is 18.8 Å². The van der Waals surface area contributed by atoms with Crippen molar-refractivity contribution in [3.63, 3.8) is 0 Å². The minimum Gasteiger partial charge on any atom is -0.481 e. The number of halogens is 2. The lowest BCUT2D eigenvalue weighted by Crippen LogP contribution is -2.17. The molecule has 0 aliphatic carbocycles. The smallest absolute Gasteiger partial charge is 0.217 e. The number of rotatable bonds is 4. The van der Waals surface area contributed by atoms with E-state index >= 15 is 0 Å². The maximum Gasteiger partial charge on any atom is 0.217 e. The standard InChI is InChI=1S/C10H10F2N2O/c1-15-10-5-7(2-3-14-10)4-8(11)9(12)6-13/h2-3,5,8-9H,4H2,1H3. The second-order valence-corrected chi connectivity index (χ2v) is 2.96. The normalized spacial score (nSPS) is 14.0. The molecule has 2 unspecified atom stereocenters. The molecule has 3 nitrogen and oxygen atoms in total. The van der Waals surface area contributed by atoms with E-state index in [4.69, 9.17) is 10.00 Å². The summed E-state index contributed by atoms with van der Waals surface area (Å²) in [5.41, 5.74) is 0.548. The Morgan fingerprint density at radius 2 is 2.33 bits per heavy atom. The van der Waals surface area contributed by atoms with Crippen molar-refractivity contribution in [1.29, 1.82) is 5.26 Å². The Morgan fingerprint density at radius 3 is 2.93 bits per heavy atom. The molecular formula is C10H10F2N2O. The molecule has 0 saturated heterocycles. The summed E-state index contributed by atoms with van der Waals surface area (Å²) < 4.78 is 30.5. The number of methoxy groups -OCH3 is 1. The molecule has 0 saturated carbocycles. The molecule has 0 amide bonds. The van der Waals surface area contributed by atoms with E-state index in [0.29, 0.717) is 11.4 Å². The topological polar surface area (TPSA) is 45.9 Å². The fourth-order valence-corrected chi connectivity index (χ4v) is 1.10. The van der Waals surface area contributed by atoms with E-state index < -0.39 is 12.3 Å². The molecule has 1 rings (SSSR count). The van der Waals surface area contributed by atoms with Gasteiger partial charge in [0, 0.05) is 18.7 Å². The number of nitrogens with zero attached hydrogens (tertiary/aromatic N) is 2. The van der Waals surface area contributed by atoms with Crippen LogP contribution in [0.15, 0.2) is 18.3 Å². The minimum absolute atomic E-state index is 0.159. The van der Waals surface area contributed by atoms with E-state index in [1.165, 1.54) is 25.4 Å². The molecule has 0 bridgehead atoms. The van der Waals surface area contributed by atoms with Gasteiger partial charge in [0.1, 0.15) is 12.2 Å². The van der Waals surface area contributed by atoms with Crippen molar-refractivity contribution in [2.75, 3.05) is 7.11 Å². The second-order valence-electron chi connectivity index (χ2n) is 2.96. The third-order valence-corrected chi connectivity index (χ3v) is 1.88. The van der Waals surface area contributed by atoms with Crippen LogP contribution in [0.4, 0.5) is 8.78 Å². The van der Waals surface area contributed by atoms with Gasteiger partial charge in [0.15, 0.2) is 0 Å². The van der Waals surface area contributed by atoms with Crippen LogP contribution in [0, 0.1) is 11.3 Å². The molecule has 80 valence electrons. The highest BCUT2D eigenvalue weighted by Crippen LogP contribution is 2.14. The highest BCUT2D eigenvalue weighted by molar-refractivity contribution is 5.21. The van der Waals surface area contributed by atoms with Crippen LogP contribution in [0.5, 0.6) is 5.88 Å². The molecule has 5 heteroatoms. The number of hydrogen-bond acceptors (Lipinski definition) is 3. The molecule has 0 aliphatic heterocycles. The third-order valence-electron chi connectivity index (χ3n) is 1.88. The van der Waals surface area contributed by atoms with E-state index in [1.54, 1.807) is 6.07 Å². The molecular weight excluding hydrogens is 202 g/mol. The summed E-state index contributed by atoms with van der Waals surface area (Å²) in [5.74, 6) is 0.340. The first-order chi connectivity index (χ1) is 7.17. The highest BCUT2D eigenvalue weighted by atomic mass is 19.2. The van der Waals surface area contributed by atoms with Crippen LogP contribution in [-0.4, -0.2) is 24.4 Å². The summed E-state index contributed by atoms with van der Waals surface area (Å²) in [6.45, 7) is 0. The van der Waals surface area contributed by atoms with Crippen LogP contribution in [0.2, 0.25) is 0 Å². The first-order valence-corrected chi connectivity index (χ1v) is 4.34. The Kier molecular flexibility index (Phi) is 3.98. The first-order valence-electron chi connectivity index (χ1n) is 4.34. The van der Waals surface area contributed by atoms with Gasteiger partial charge in [0.05, 0.1) is 7.11 Å².